The molecule has 0 radical (unpaired) electrons. The van der Waals surface area contributed by atoms with Crippen molar-refractivity contribution in [3.05, 3.63) is 23.3 Å². The maximum absolute atomic E-state index is 9.73. The second-order valence-electron chi connectivity index (χ2n) is 4.17. The fraction of sp³-hybridized carbons (Fsp3) is 0.455. The van der Waals surface area contributed by atoms with Gasteiger partial charge in [0.05, 0.1) is 0 Å². The first kappa shape index (κ1) is 9.34. The molecule has 3 nitrogen and oxygen atoms in total. The minimum absolute atomic E-state index is 0.197. The Morgan fingerprint density at radius 3 is 2.36 bits per heavy atom. The number of phenols is 2. The maximum atomic E-state index is 9.73. The summed E-state index contributed by atoms with van der Waals surface area (Å²) in [7, 11) is 0. The number of hydrogen-bond donors (Lipinski definition) is 3. The van der Waals surface area contributed by atoms with E-state index in [9.17, 15) is 10.2 Å². The van der Waals surface area contributed by atoms with Gasteiger partial charge in [-0.15, -0.1) is 0 Å². The fourth-order valence-corrected chi connectivity index (χ4v) is 1.91. The van der Waals surface area contributed by atoms with Gasteiger partial charge >= 0.3 is 0 Å². The van der Waals surface area contributed by atoms with E-state index in [1.165, 1.54) is 0 Å². The second kappa shape index (κ2) is 2.89. The largest absolute Gasteiger partial charge is 0.508 e. The van der Waals surface area contributed by atoms with Gasteiger partial charge in [0.1, 0.15) is 11.5 Å². The third-order valence-corrected chi connectivity index (χ3v) is 3.10. The Balaban J connectivity index is 2.48. The minimum atomic E-state index is -0.421. The number of phenolic OH excluding ortho intramolecular Hbond substituents is 2. The highest BCUT2D eigenvalue weighted by Crippen LogP contribution is 2.44. The SMILES string of the molecule is Cc1cc(O)c(C2(N)CCC2)cc1O. The van der Waals surface area contributed by atoms with Crippen molar-refractivity contribution < 1.29 is 10.2 Å². The molecule has 0 atom stereocenters. The molecule has 2 rings (SSSR count). The van der Waals surface area contributed by atoms with E-state index in [-0.39, 0.29) is 11.5 Å². The summed E-state index contributed by atoms with van der Waals surface area (Å²) in [5, 5.41) is 19.3. The highest BCUT2D eigenvalue weighted by atomic mass is 16.3. The zero-order valence-corrected chi connectivity index (χ0v) is 8.25. The van der Waals surface area contributed by atoms with Gasteiger partial charge in [0, 0.05) is 11.1 Å². The van der Waals surface area contributed by atoms with Gasteiger partial charge in [-0.1, -0.05) is 0 Å². The molecule has 0 bridgehead atoms. The van der Waals surface area contributed by atoms with Crippen molar-refractivity contribution in [2.75, 3.05) is 0 Å². The topological polar surface area (TPSA) is 66.5 Å². The summed E-state index contributed by atoms with van der Waals surface area (Å²) in [6.45, 7) is 1.75. The summed E-state index contributed by atoms with van der Waals surface area (Å²) in [5.41, 5.74) is 7.00. The average molecular weight is 193 g/mol. The quantitative estimate of drug-likeness (QED) is 0.595. The first-order chi connectivity index (χ1) is 6.53. The molecule has 1 saturated carbocycles. The Kier molecular flexibility index (Phi) is 1.93. The molecule has 4 N–H and O–H groups in total. The summed E-state index contributed by atoms with van der Waals surface area (Å²) < 4.78 is 0. The Morgan fingerprint density at radius 1 is 1.21 bits per heavy atom. The Morgan fingerprint density at radius 2 is 1.86 bits per heavy atom. The van der Waals surface area contributed by atoms with Crippen molar-refractivity contribution >= 4 is 0 Å². The highest BCUT2D eigenvalue weighted by molar-refractivity contribution is 5.48. The molecule has 0 aromatic heterocycles. The van der Waals surface area contributed by atoms with Crippen LogP contribution in [-0.2, 0) is 5.54 Å². The van der Waals surface area contributed by atoms with Crippen LogP contribution in [0.1, 0.15) is 30.4 Å². The number of nitrogens with two attached hydrogens (primary N) is 1. The van der Waals surface area contributed by atoms with Crippen LogP contribution in [0.4, 0.5) is 0 Å². The van der Waals surface area contributed by atoms with Crippen molar-refractivity contribution in [1.82, 2.24) is 0 Å². The zero-order valence-electron chi connectivity index (χ0n) is 8.25. The van der Waals surface area contributed by atoms with Crippen LogP contribution < -0.4 is 5.73 Å². The van der Waals surface area contributed by atoms with E-state index in [0.29, 0.717) is 11.1 Å². The summed E-state index contributed by atoms with van der Waals surface area (Å²) in [6.07, 6.45) is 2.84. The normalized spacial score (nSPS) is 19.0. The van der Waals surface area contributed by atoms with E-state index in [1.807, 2.05) is 0 Å². The molecule has 1 aromatic carbocycles. The average Bonchev–Trinajstić information content (AvgIpc) is 2.07. The molecular formula is C11H15NO2. The molecule has 14 heavy (non-hydrogen) atoms. The molecule has 0 saturated heterocycles. The van der Waals surface area contributed by atoms with Crippen molar-refractivity contribution in [1.29, 1.82) is 0 Å². The van der Waals surface area contributed by atoms with Gasteiger partial charge in [0.15, 0.2) is 0 Å². The maximum Gasteiger partial charge on any atom is 0.121 e. The Bertz CT molecular complexity index is 370. The van der Waals surface area contributed by atoms with E-state index in [1.54, 1.807) is 19.1 Å². The standard InChI is InChI=1S/C11H15NO2/c1-7-5-10(14)8(6-9(7)13)11(12)3-2-4-11/h5-6,13-14H,2-4,12H2,1H3. The van der Waals surface area contributed by atoms with Gasteiger partial charge in [-0.3, -0.25) is 0 Å². The molecule has 0 spiro atoms. The van der Waals surface area contributed by atoms with Gasteiger partial charge in [0.2, 0.25) is 0 Å². The van der Waals surface area contributed by atoms with Crippen molar-refractivity contribution in [3.8, 4) is 11.5 Å². The van der Waals surface area contributed by atoms with Crippen molar-refractivity contribution in [2.45, 2.75) is 31.7 Å². The molecule has 0 amide bonds. The second-order valence-corrected chi connectivity index (χ2v) is 4.17. The smallest absolute Gasteiger partial charge is 0.121 e. The van der Waals surface area contributed by atoms with E-state index < -0.39 is 5.54 Å². The van der Waals surface area contributed by atoms with Crippen molar-refractivity contribution in [2.24, 2.45) is 5.73 Å². The predicted octanol–water partition coefficient (Wildman–Crippen LogP) is 1.74. The number of aryl methyl sites for hydroxylation is 1. The monoisotopic (exact) mass is 193 g/mol. The van der Waals surface area contributed by atoms with E-state index in [4.69, 9.17) is 5.73 Å². The van der Waals surface area contributed by atoms with Gasteiger partial charge in [-0.25, -0.2) is 0 Å². The van der Waals surface area contributed by atoms with Gasteiger partial charge in [0.25, 0.3) is 0 Å². The number of aromatic hydroxyl groups is 2. The van der Waals surface area contributed by atoms with Crippen molar-refractivity contribution in [3.63, 3.8) is 0 Å². The lowest BCUT2D eigenvalue weighted by atomic mass is 9.72. The molecule has 1 aromatic rings. The minimum Gasteiger partial charge on any atom is -0.508 e. The van der Waals surface area contributed by atoms with Crippen LogP contribution in [0.5, 0.6) is 11.5 Å². The number of rotatable bonds is 1. The van der Waals surface area contributed by atoms with Crippen LogP contribution in [0.25, 0.3) is 0 Å². The summed E-state index contributed by atoms with van der Waals surface area (Å²) in [4.78, 5) is 0. The number of hydrogen-bond acceptors (Lipinski definition) is 3. The third-order valence-electron chi connectivity index (χ3n) is 3.10. The lowest BCUT2D eigenvalue weighted by Crippen LogP contribution is -2.43. The molecule has 0 heterocycles. The van der Waals surface area contributed by atoms with Gasteiger partial charge in [-0.2, -0.15) is 0 Å². The Hall–Kier alpha value is -1.22. The van der Waals surface area contributed by atoms with E-state index in [2.05, 4.69) is 0 Å². The van der Waals surface area contributed by atoms with Crippen LogP contribution >= 0.6 is 0 Å². The summed E-state index contributed by atoms with van der Waals surface area (Å²) in [5.74, 6) is 0.400. The van der Waals surface area contributed by atoms with Crippen LogP contribution in [-0.4, -0.2) is 10.2 Å². The van der Waals surface area contributed by atoms with E-state index in [0.717, 1.165) is 19.3 Å². The first-order valence-electron chi connectivity index (χ1n) is 4.85. The molecule has 76 valence electrons. The molecule has 1 fully saturated rings. The fourth-order valence-electron chi connectivity index (χ4n) is 1.91. The van der Waals surface area contributed by atoms with Crippen LogP contribution in [0.2, 0.25) is 0 Å². The molecular weight excluding hydrogens is 178 g/mol. The Labute approximate surface area is 83.2 Å². The van der Waals surface area contributed by atoms with Gasteiger partial charge < -0.3 is 15.9 Å². The van der Waals surface area contributed by atoms with Crippen LogP contribution in [0.3, 0.4) is 0 Å². The van der Waals surface area contributed by atoms with Gasteiger partial charge in [-0.05, 0) is 43.9 Å². The highest BCUT2D eigenvalue weighted by Gasteiger charge is 2.36. The molecule has 1 aliphatic rings. The molecule has 1 aliphatic carbocycles. The molecule has 0 unspecified atom stereocenters. The van der Waals surface area contributed by atoms with Crippen LogP contribution in [0, 0.1) is 6.92 Å². The lowest BCUT2D eigenvalue weighted by Gasteiger charge is -2.39. The first-order valence-corrected chi connectivity index (χ1v) is 4.85. The lowest BCUT2D eigenvalue weighted by molar-refractivity contribution is 0.244. The molecule has 0 aliphatic heterocycles. The summed E-state index contributed by atoms with van der Waals surface area (Å²) in [6, 6.07) is 3.15. The molecule has 3 heteroatoms. The van der Waals surface area contributed by atoms with E-state index >= 15 is 0 Å². The third kappa shape index (κ3) is 1.24. The number of benzene rings is 1. The predicted molar refractivity (Wildman–Crippen MR) is 54.2 cm³/mol. The summed E-state index contributed by atoms with van der Waals surface area (Å²) >= 11 is 0. The van der Waals surface area contributed by atoms with Crippen LogP contribution in [0.15, 0.2) is 12.1 Å². The zero-order chi connectivity index (χ0) is 10.3.